The number of nitrogen functional groups attached to an aromatic ring is 1. The highest BCUT2D eigenvalue weighted by molar-refractivity contribution is 5.75. The Bertz CT molecular complexity index is 532. The zero-order valence-electron chi connectivity index (χ0n) is 11.1. The van der Waals surface area contributed by atoms with Crippen molar-refractivity contribution in [3.63, 3.8) is 0 Å². The second-order valence-electron chi connectivity index (χ2n) is 4.41. The van der Waals surface area contributed by atoms with Gasteiger partial charge in [0.25, 0.3) is 0 Å². The maximum absolute atomic E-state index is 6.15. The van der Waals surface area contributed by atoms with Gasteiger partial charge in [-0.3, -0.25) is 0 Å². The molecule has 0 spiro atoms. The number of hydrogen-bond acceptors (Lipinski definition) is 3. The molecule has 0 amide bonds. The predicted octanol–water partition coefficient (Wildman–Crippen LogP) is 3.11. The number of ether oxygens (including phenoxy) is 1. The summed E-state index contributed by atoms with van der Waals surface area (Å²) >= 11 is 0. The molecule has 1 heterocycles. The molecule has 1 aromatic carbocycles. The first-order valence-electron chi connectivity index (χ1n) is 6.19. The summed E-state index contributed by atoms with van der Waals surface area (Å²) in [4.78, 5) is 4.41. The third kappa shape index (κ3) is 2.18. The lowest BCUT2D eigenvalue weighted by atomic mass is 10.1. The summed E-state index contributed by atoms with van der Waals surface area (Å²) < 4.78 is 7.57. The smallest absolute Gasteiger partial charge is 0.131 e. The highest BCUT2D eigenvalue weighted by atomic mass is 16.5. The Hall–Kier alpha value is -1.97. The molecule has 0 aliphatic carbocycles. The van der Waals surface area contributed by atoms with Crippen LogP contribution in [-0.2, 0) is 0 Å². The van der Waals surface area contributed by atoms with E-state index in [1.54, 1.807) is 6.33 Å². The molecule has 0 saturated carbocycles. The normalized spacial score (nSPS) is 10.9. The van der Waals surface area contributed by atoms with Gasteiger partial charge in [0.2, 0.25) is 0 Å². The zero-order valence-corrected chi connectivity index (χ0v) is 11.1. The van der Waals surface area contributed by atoms with E-state index in [9.17, 15) is 0 Å². The Kier molecular flexibility index (Phi) is 3.55. The Labute approximate surface area is 107 Å². The number of benzene rings is 1. The number of aromatic nitrogens is 2. The fraction of sp³-hybridized carbons (Fsp3) is 0.357. The van der Waals surface area contributed by atoms with Crippen molar-refractivity contribution < 1.29 is 4.74 Å². The van der Waals surface area contributed by atoms with Gasteiger partial charge in [0.15, 0.2) is 0 Å². The van der Waals surface area contributed by atoms with Gasteiger partial charge in [-0.15, -0.1) is 0 Å². The molecule has 4 heteroatoms. The fourth-order valence-electron chi connectivity index (χ4n) is 1.93. The molecule has 2 rings (SSSR count). The van der Waals surface area contributed by atoms with E-state index < -0.39 is 0 Å². The van der Waals surface area contributed by atoms with Crippen molar-refractivity contribution in [3.05, 3.63) is 30.6 Å². The Morgan fingerprint density at radius 1 is 1.33 bits per heavy atom. The van der Waals surface area contributed by atoms with Crippen LogP contribution < -0.4 is 10.5 Å². The number of hydrogen-bond donors (Lipinski definition) is 1. The third-order valence-corrected chi connectivity index (χ3v) is 2.83. The van der Waals surface area contributed by atoms with Crippen LogP contribution in [0.25, 0.3) is 11.3 Å². The standard InChI is InChI=1S/C14H19N3O/c1-4-18-12-8-6-5-7-11(12)13-14(15)17(9-16-13)10(2)3/h5-10H,4,15H2,1-3H3. The first-order valence-corrected chi connectivity index (χ1v) is 6.19. The lowest BCUT2D eigenvalue weighted by molar-refractivity contribution is 0.341. The molecule has 1 aromatic heterocycles. The van der Waals surface area contributed by atoms with Crippen molar-refractivity contribution >= 4 is 5.82 Å². The van der Waals surface area contributed by atoms with Crippen molar-refractivity contribution in [1.29, 1.82) is 0 Å². The SMILES string of the molecule is CCOc1ccccc1-c1ncn(C(C)C)c1N. The van der Waals surface area contributed by atoms with Crippen LogP contribution in [-0.4, -0.2) is 16.2 Å². The van der Waals surface area contributed by atoms with Gasteiger partial charge >= 0.3 is 0 Å². The van der Waals surface area contributed by atoms with E-state index in [1.807, 2.05) is 35.8 Å². The van der Waals surface area contributed by atoms with Crippen LogP contribution in [0.1, 0.15) is 26.8 Å². The molecule has 18 heavy (non-hydrogen) atoms. The quantitative estimate of drug-likeness (QED) is 0.900. The monoisotopic (exact) mass is 245 g/mol. The van der Waals surface area contributed by atoms with E-state index in [1.165, 1.54) is 0 Å². The molecule has 0 saturated heterocycles. The number of anilines is 1. The Balaban J connectivity index is 2.49. The second-order valence-corrected chi connectivity index (χ2v) is 4.41. The van der Waals surface area contributed by atoms with Crippen LogP contribution in [0.15, 0.2) is 30.6 Å². The van der Waals surface area contributed by atoms with Gasteiger partial charge in [0.05, 0.1) is 12.9 Å². The van der Waals surface area contributed by atoms with E-state index >= 15 is 0 Å². The van der Waals surface area contributed by atoms with Crippen molar-refractivity contribution in [3.8, 4) is 17.0 Å². The maximum Gasteiger partial charge on any atom is 0.131 e. The summed E-state index contributed by atoms with van der Waals surface area (Å²) in [5.41, 5.74) is 7.87. The molecule has 0 radical (unpaired) electrons. The van der Waals surface area contributed by atoms with Gasteiger partial charge < -0.3 is 15.0 Å². The van der Waals surface area contributed by atoms with E-state index in [-0.39, 0.29) is 0 Å². The van der Waals surface area contributed by atoms with Crippen molar-refractivity contribution in [2.24, 2.45) is 0 Å². The van der Waals surface area contributed by atoms with Crippen LogP contribution in [0.2, 0.25) is 0 Å². The summed E-state index contributed by atoms with van der Waals surface area (Å²) in [7, 11) is 0. The van der Waals surface area contributed by atoms with Crippen LogP contribution in [0.3, 0.4) is 0 Å². The topological polar surface area (TPSA) is 53.1 Å². The minimum absolute atomic E-state index is 0.297. The lowest BCUT2D eigenvalue weighted by Crippen LogP contribution is -2.04. The average molecular weight is 245 g/mol. The molecule has 0 aliphatic rings. The summed E-state index contributed by atoms with van der Waals surface area (Å²) in [5, 5.41) is 0. The van der Waals surface area contributed by atoms with E-state index in [4.69, 9.17) is 10.5 Å². The molecule has 0 fully saturated rings. The van der Waals surface area contributed by atoms with E-state index in [0.29, 0.717) is 18.5 Å². The minimum Gasteiger partial charge on any atom is -0.493 e. The van der Waals surface area contributed by atoms with Crippen LogP contribution in [0.4, 0.5) is 5.82 Å². The molecule has 2 N–H and O–H groups in total. The average Bonchev–Trinajstić information content (AvgIpc) is 2.72. The predicted molar refractivity (Wildman–Crippen MR) is 73.6 cm³/mol. The second kappa shape index (κ2) is 5.12. The number of para-hydroxylation sites is 1. The Morgan fingerprint density at radius 3 is 2.67 bits per heavy atom. The Morgan fingerprint density at radius 2 is 2.06 bits per heavy atom. The molecule has 0 aliphatic heterocycles. The molecule has 4 nitrogen and oxygen atoms in total. The van der Waals surface area contributed by atoms with E-state index in [0.717, 1.165) is 17.0 Å². The zero-order chi connectivity index (χ0) is 13.1. The fourth-order valence-corrected chi connectivity index (χ4v) is 1.93. The molecule has 0 unspecified atom stereocenters. The number of rotatable bonds is 4. The molecular weight excluding hydrogens is 226 g/mol. The van der Waals surface area contributed by atoms with Crippen LogP contribution in [0, 0.1) is 0 Å². The first kappa shape index (κ1) is 12.5. The highest BCUT2D eigenvalue weighted by Gasteiger charge is 2.15. The first-order chi connectivity index (χ1) is 8.65. The van der Waals surface area contributed by atoms with Gasteiger partial charge in [-0.2, -0.15) is 0 Å². The van der Waals surface area contributed by atoms with Gasteiger partial charge in [-0.25, -0.2) is 4.98 Å². The highest BCUT2D eigenvalue weighted by Crippen LogP contribution is 2.33. The van der Waals surface area contributed by atoms with Crippen LogP contribution >= 0.6 is 0 Å². The summed E-state index contributed by atoms with van der Waals surface area (Å²) in [6.45, 7) is 6.75. The summed E-state index contributed by atoms with van der Waals surface area (Å²) in [6.07, 6.45) is 1.78. The summed E-state index contributed by atoms with van der Waals surface area (Å²) in [5.74, 6) is 1.50. The number of nitrogens with two attached hydrogens (primary N) is 1. The number of imidazole rings is 1. The van der Waals surface area contributed by atoms with Crippen molar-refractivity contribution in [2.45, 2.75) is 26.8 Å². The molecule has 0 atom stereocenters. The largest absolute Gasteiger partial charge is 0.493 e. The maximum atomic E-state index is 6.15. The van der Waals surface area contributed by atoms with Gasteiger partial charge in [-0.05, 0) is 32.9 Å². The lowest BCUT2D eigenvalue weighted by Gasteiger charge is -2.11. The van der Waals surface area contributed by atoms with Gasteiger partial charge in [0, 0.05) is 11.6 Å². The van der Waals surface area contributed by atoms with Crippen LogP contribution in [0.5, 0.6) is 5.75 Å². The summed E-state index contributed by atoms with van der Waals surface area (Å²) in [6, 6.07) is 8.13. The van der Waals surface area contributed by atoms with Crippen molar-refractivity contribution in [2.75, 3.05) is 12.3 Å². The van der Waals surface area contributed by atoms with E-state index in [2.05, 4.69) is 18.8 Å². The molecule has 2 aromatic rings. The molecule has 96 valence electrons. The van der Waals surface area contributed by atoms with Gasteiger partial charge in [-0.1, -0.05) is 12.1 Å². The minimum atomic E-state index is 0.297. The van der Waals surface area contributed by atoms with Gasteiger partial charge in [0.1, 0.15) is 17.3 Å². The molecular formula is C14H19N3O. The van der Waals surface area contributed by atoms with Crippen molar-refractivity contribution in [1.82, 2.24) is 9.55 Å². The third-order valence-electron chi connectivity index (χ3n) is 2.83. The molecule has 0 bridgehead atoms. The number of nitrogens with zero attached hydrogens (tertiary/aromatic N) is 2.